The zero-order valence-corrected chi connectivity index (χ0v) is 23.0. The first kappa shape index (κ1) is 27.3. The largest absolute Gasteiger partial charge is 0.401 e. The van der Waals surface area contributed by atoms with E-state index in [1.54, 1.807) is 11.3 Å². The molecular weight excluding hydrogens is 480 g/mol. The van der Waals surface area contributed by atoms with E-state index in [-0.39, 0.29) is 18.1 Å². The second-order valence-corrected chi connectivity index (χ2v) is 11.1. The van der Waals surface area contributed by atoms with E-state index in [0.717, 1.165) is 48.6 Å². The van der Waals surface area contributed by atoms with Crippen molar-refractivity contribution in [2.75, 3.05) is 26.4 Å². The lowest BCUT2D eigenvalue weighted by atomic mass is 9.87. The molecule has 7 heteroatoms. The average molecular weight is 521 g/mol. The normalized spacial score (nSPS) is 22.9. The Morgan fingerprint density at radius 3 is 2.81 bits per heavy atom. The molecule has 6 nitrogen and oxygen atoms in total. The minimum atomic E-state index is -0.145. The highest BCUT2D eigenvalue weighted by atomic mass is 32.1. The van der Waals surface area contributed by atoms with Crippen LogP contribution >= 0.6 is 11.3 Å². The van der Waals surface area contributed by atoms with Gasteiger partial charge in [0.25, 0.3) is 0 Å². The summed E-state index contributed by atoms with van der Waals surface area (Å²) in [6, 6.07) is 12.8. The third kappa shape index (κ3) is 8.14. The van der Waals surface area contributed by atoms with Crippen molar-refractivity contribution >= 4 is 23.1 Å². The van der Waals surface area contributed by atoms with Crippen molar-refractivity contribution in [3.05, 3.63) is 86.9 Å². The van der Waals surface area contributed by atoms with Gasteiger partial charge in [-0.05, 0) is 61.1 Å². The predicted molar refractivity (Wildman–Crippen MR) is 154 cm³/mol. The zero-order chi connectivity index (χ0) is 26.2. The van der Waals surface area contributed by atoms with Crippen LogP contribution in [0.5, 0.6) is 0 Å². The molecule has 1 saturated heterocycles. The van der Waals surface area contributed by atoms with Gasteiger partial charge in [0.2, 0.25) is 0 Å². The summed E-state index contributed by atoms with van der Waals surface area (Å²) < 4.78 is 11.7. The van der Waals surface area contributed by atoms with E-state index >= 15 is 0 Å². The Kier molecular flexibility index (Phi) is 9.75. The zero-order valence-electron chi connectivity index (χ0n) is 22.2. The molecule has 1 aromatic carbocycles. The van der Waals surface area contributed by atoms with E-state index < -0.39 is 0 Å². The first-order valence-corrected chi connectivity index (χ1v) is 14.0. The second kappa shape index (κ2) is 13.2. The minimum absolute atomic E-state index is 0.145. The van der Waals surface area contributed by atoms with Gasteiger partial charge in [0.15, 0.2) is 0 Å². The number of nitrogens with one attached hydrogen (secondary N) is 2. The standard InChI is InChI=1S/C30H40N4O2S/c1-21-14-29(32)27(16-30(21)33-20-35-12-11-26-8-5-13-37-26)28(31)10-9-24-6-4-7-25(15-24)19-34-17-22(2)36-23(3)18-34/h4-10,13-15,22-23,27,31,33H,11-12,16-20,32H2,1-3H3/b10-9+,31-28?. The Labute approximate surface area is 225 Å². The lowest BCUT2D eigenvalue weighted by molar-refractivity contribution is -0.0704. The van der Waals surface area contributed by atoms with Crippen molar-refractivity contribution < 1.29 is 9.47 Å². The molecule has 1 aliphatic carbocycles. The van der Waals surface area contributed by atoms with Gasteiger partial charge in [-0.3, -0.25) is 4.90 Å². The molecule has 0 amide bonds. The summed E-state index contributed by atoms with van der Waals surface area (Å²) in [5.41, 5.74) is 12.2. The Bertz CT molecular complexity index is 1130. The van der Waals surface area contributed by atoms with Gasteiger partial charge < -0.3 is 25.9 Å². The van der Waals surface area contributed by atoms with Crippen LogP contribution in [0.3, 0.4) is 0 Å². The van der Waals surface area contributed by atoms with Gasteiger partial charge in [0, 0.05) is 60.4 Å². The van der Waals surface area contributed by atoms with Crippen LogP contribution < -0.4 is 11.1 Å². The SMILES string of the molecule is CC1=C(NCOCCc2cccs2)CC(C(=N)/C=C/c2cccc(CN3CC(C)OC(C)C3)c2)C(N)=C1. The molecule has 2 heterocycles. The molecule has 0 radical (unpaired) electrons. The third-order valence-electron chi connectivity index (χ3n) is 6.81. The molecule has 37 heavy (non-hydrogen) atoms. The number of hydrogen-bond donors (Lipinski definition) is 3. The molecule has 0 spiro atoms. The van der Waals surface area contributed by atoms with E-state index in [0.29, 0.717) is 25.5 Å². The Morgan fingerprint density at radius 1 is 1.24 bits per heavy atom. The summed E-state index contributed by atoms with van der Waals surface area (Å²) >= 11 is 1.76. The number of thiophene rings is 1. The van der Waals surface area contributed by atoms with Crippen LogP contribution in [0.1, 0.15) is 43.2 Å². The molecule has 0 saturated carbocycles. The highest BCUT2D eigenvalue weighted by molar-refractivity contribution is 7.09. The second-order valence-electron chi connectivity index (χ2n) is 10.1. The van der Waals surface area contributed by atoms with E-state index in [4.69, 9.17) is 20.6 Å². The number of rotatable bonds is 11. The quantitative estimate of drug-likeness (QED) is 0.212. The molecule has 3 atom stereocenters. The van der Waals surface area contributed by atoms with Crippen LogP contribution in [0.2, 0.25) is 0 Å². The van der Waals surface area contributed by atoms with Crippen LogP contribution in [0, 0.1) is 11.3 Å². The van der Waals surface area contributed by atoms with Crippen molar-refractivity contribution in [2.24, 2.45) is 11.7 Å². The molecule has 198 valence electrons. The first-order chi connectivity index (χ1) is 17.9. The van der Waals surface area contributed by atoms with Gasteiger partial charge in [0.1, 0.15) is 6.73 Å². The Balaban J connectivity index is 1.29. The molecule has 2 aromatic rings. The average Bonchev–Trinajstić information content (AvgIpc) is 3.37. The van der Waals surface area contributed by atoms with Crippen LogP contribution in [0.25, 0.3) is 6.08 Å². The van der Waals surface area contributed by atoms with Gasteiger partial charge in [-0.2, -0.15) is 0 Å². The fourth-order valence-corrected chi connectivity index (χ4v) is 5.72. The van der Waals surface area contributed by atoms with E-state index in [9.17, 15) is 0 Å². The van der Waals surface area contributed by atoms with Crippen LogP contribution in [-0.2, 0) is 22.4 Å². The number of morpholine rings is 1. The number of hydrogen-bond acceptors (Lipinski definition) is 7. The maximum absolute atomic E-state index is 8.73. The van der Waals surface area contributed by atoms with Crippen LogP contribution in [-0.4, -0.2) is 49.2 Å². The van der Waals surface area contributed by atoms with Crippen molar-refractivity contribution in [1.82, 2.24) is 10.2 Å². The molecule has 0 bridgehead atoms. The molecule has 4 N–H and O–H groups in total. The molecule has 1 aromatic heterocycles. The van der Waals surface area contributed by atoms with E-state index in [1.807, 2.05) is 18.2 Å². The maximum atomic E-state index is 8.73. The van der Waals surface area contributed by atoms with Gasteiger partial charge in [-0.15, -0.1) is 11.3 Å². The van der Waals surface area contributed by atoms with E-state index in [1.165, 1.54) is 10.4 Å². The molecule has 1 aliphatic heterocycles. The minimum Gasteiger partial charge on any atom is -0.401 e. The van der Waals surface area contributed by atoms with E-state index in [2.05, 4.69) is 72.8 Å². The van der Waals surface area contributed by atoms with Crippen molar-refractivity contribution in [1.29, 1.82) is 5.41 Å². The third-order valence-corrected chi connectivity index (χ3v) is 7.75. The molecular formula is C30H40N4O2S. The number of nitrogens with two attached hydrogens (primary N) is 1. The highest BCUT2D eigenvalue weighted by Crippen LogP contribution is 2.27. The number of ether oxygens (including phenoxy) is 2. The Hall–Kier alpha value is -2.71. The van der Waals surface area contributed by atoms with Gasteiger partial charge >= 0.3 is 0 Å². The van der Waals surface area contributed by atoms with Gasteiger partial charge in [-0.1, -0.05) is 36.4 Å². The van der Waals surface area contributed by atoms with Crippen molar-refractivity contribution in [3.8, 4) is 0 Å². The number of benzene rings is 1. The summed E-state index contributed by atoms with van der Waals surface area (Å²) in [7, 11) is 0. The number of nitrogens with zero attached hydrogens (tertiary/aromatic N) is 1. The smallest absolute Gasteiger partial charge is 0.116 e. The topological polar surface area (TPSA) is 83.6 Å². The summed E-state index contributed by atoms with van der Waals surface area (Å²) in [6.45, 7) is 10.3. The Morgan fingerprint density at radius 2 is 2.05 bits per heavy atom. The number of allylic oxidation sites excluding steroid dienone is 5. The molecule has 1 fully saturated rings. The summed E-state index contributed by atoms with van der Waals surface area (Å²) in [5, 5.41) is 14.2. The van der Waals surface area contributed by atoms with Crippen molar-refractivity contribution in [3.63, 3.8) is 0 Å². The van der Waals surface area contributed by atoms with Crippen LogP contribution in [0.4, 0.5) is 0 Å². The summed E-state index contributed by atoms with van der Waals surface area (Å²) in [4.78, 5) is 3.78. The molecule has 2 aliphatic rings. The maximum Gasteiger partial charge on any atom is 0.116 e. The molecule has 4 rings (SSSR count). The molecule has 3 unspecified atom stereocenters. The lowest BCUT2D eigenvalue weighted by Crippen LogP contribution is -2.44. The fourth-order valence-electron chi connectivity index (χ4n) is 5.03. The first-order valence-electron chi connectivity index (χ1n) is 13.1. The lowest BCUT2D eigenvalue weighted by Gasteiger charge is -2.35. The summed E-state index contributed by atoms with van der Waals surface area (Å²) in [6.07, 6.45) is 8.02. The van der Waals surface area contributed by atoms with Gasteiger partial charge in [0.05, 0.1) is 18.8 Å². The summed E-state index contributed by atoms with van der Waals surface area (Å²) in [5.74, 6) is -0.145. The predicted octanol–water partition coefficient (Wildman–Crippen LogP) is 5.33. The van der Waals surface area contributed by atoms with Crippen molar-refractivity contribution in [2.45, 2.75) is 52.4 Å². The fraction of sp³-hybridized carbons (Fsp3) is 0.433. The van der Waals surface area contributed by atoms with Crippen LogP contribution in [0.15, 0.2) is 70.9 Å². The van der Waals surface area contributed by atoms with Gasteiger partial charge in [-0.25, -0.2) is 0 Å². The highest BCUT2D eigenvalue weighted by Gasteiger charge is 2.23. The monoisotopic (exact) mass is 520 g/mol.